The highest BCUT2D eigenvalue weighted by Gasteiger charge is 2.21. The van der Waals surface area contributed by atoms with Crippen molar-refractivity contribution in [3.05, 3.63) is 34.5 Å². The van der Waals surface area contributed by atoms with E-state index in [1.807, 2.05) is 6.08 Å². The van der Waals surface area contributed by atoms with E-state index in [1.54, 1.807) is 6.20 Å². The zero-order valence-corrected chi connectivity index (χ0v) is 8.94. The summed E-state index contributed by atoms with van der Waals surface area (Å²) in [5, 5.41) is 9.89. The third-order valence-corrected chi connectivity index (χ3v) is 2.57. The molecular formula is C9H9BrN2O2. The molecule has 4 nitrogen and oxygen atoms in total. The van der Waals surface area contributed by atoms with Crippen LogP contribution in [0.25, 0.3) is 0 Å². The van der Waals surface area contributed by atoms with E-state index in [1.165, 1.54) is 6.33 Å². The number of aromatic nitrogens is 2. The van der Waals surface area contributed by atoms with Crippen LogP contribution in [-0.2, 0) is 4.74 Å². The van der Waals surface area contributed by atoms with Crippen LogP contribution < -0.4 is 0 Å². The minimum Gasteiger partial charge on any atom is -0.495 e. The fraction of sp³-hybridized carbons (Fsp3) is 0.333. The molecule has 2 rings (SSSR count). The van der Waals surface area contributed by atoms with Gasteiger partial charge in [0.25, 0.3) is 0 Å². The molecule has 0 saturated heterocycles. The highest BCUT2D eigenvalue weighted by Crippen LogP contribution is 2.28. The molecule has 14 heavy (non-hydrogen) atoms. The number of hydrogen-bond acceptors (Lipinski definition) is 4. The number of ether oxygens (including phenoxy) is 1. The van der Waals surface area contributed by atoms with Gasteiger partial charge in [-0.3, -0.25) is 0 Å². The first-order chi connectivity index (χ1) is 6.79. The second kappa shape index (κ2) is 4.06. The Morgan fingerprint density at radius 3 is 3.07 bits per heavy atom. The summed E-state index contributed by atoms with van der Waals surface area (Å²) in [5.74, 6) is 0.574. The maximum absolute atomic E-state index is 9.89. The lowest BCUT2D eigenvalue weighted by atomic mass is 10.2. The molecule has 0 fully saturated rings. The largest absolute Gasteiger partial charge is 0.495 e. The second-order valence-corrected chi connectivity index (χ2v) is 3.76. The van der Waals surface area contributed by atoms with Crippen molar-refractivity contribution in [2.45, 2.75) is 12.5 Å². The van der Waals surface area contributed by atoms with Crippen molar-refractivity contribution in [2.24, 2.45) is 0 Å². The van der Waals surface area contributed by atoms with Gasteiger partial charge in [0.2, 0.25) is 0 Å². The second-order valence-electron chi connectivity index (χ2n) is 2.90. The zero-order valence-electron chi connectivity index (χ0n) is 7.35. The molecule has 1 aliphatic rings. The Balaban J connectivity index is 2.26. The van der Waals surface area contributed by atoms with E-state index in [0.29, 0.717) is 22.5 Å². The van der Waals surface area contributed by atoms with Crippen LogP contribution in [0, 0.1) is 0 Å². The van der Waals surface area contributed by atoms with Gasteiger partial charge in [0, 0.05) is 12.6 Å². The molecule has 1 unspecified atom stereocenters. The maximum Gasteiger partial charge on any atom is 0.154 e. The van der Waals surface area contributed by atoms with Gasteiger partial charge < -0.3 is 9.84 Å². The van der Waals surface area contributed by atoms with Crippen LogP contribution in [0.3, 0.4) is 0 Å². The average molecular weight is 257 g/mol. The van der Waals surface area contributed by atoms with Crippen LogP contribution in [0.1, 0.15) is 18.2 Å². The molecule has 0 saturated carbocycles. The smallest absolute Gasteiger partial charge is 0.154 e. The number of aliphatic hydroxyl groups excluding tert-OH is 1. The summed E-state index contributed by atoms with van der Waals surface area (Å²) in [6, 6.07) is 0. The molecule has 1 atom stereocenters. The molecule has 74 valence electrons. The Labute approximate surface area is 89.8 Å². The van der Waals surface area contributed by atoms with Crippen LogP contribution >= 0.6 is 15.9 Å². The van der Waals surface area contributed by atoms with Gasteiger partial charge >= 0.3 is 0 Å². The van der Waals surface area contributed by atoms with E-state index in [4.69, 9.17) is 4.74 Å². The molecule has 0 spiro atoms. The Morgan fingerprint density at radius 2 is 2.43 bits per heavy atom. The molecular weight excluding hydrogens is 248 g/mol. The normalized spacial score (nSPS) is 17.4. The van der Waals surface area contributed by atoms with Gasteiger partial charge in [0.15, 0.2) is 6.10 Å². The van der Waals surface area contributed by atoms with Crippen molar-refractivity contribution in [1.29, 1.82) is 0 Å². The fourth-order valence-corrected chi connectivity index (χ4v) is 1.72. The van der Waals surface area contributed by atoms with Crippen molar-refractivity contribution in [2.75, 3.05) is 6.61 Å². The standard InChI is InChI=1S/C9H9BrN2O2/c10-6-4-11-5-12-8(6)9(13)7-2-1-3-14-7/h2,4-5,9,13H,1,3H2. The summed E-state index contributed by atoms with van der Waals surface area (Å²) in [6.07, 6.45) is 4.92. The Morgan fingerprint density at radius 1 is 1.57 bits per heavy atom. The number of halogens is 1. The lowest BCUT2D eigenvalue weighted by molar-refractivity contribution is 0.115. The van der Waals surface area contributed by atoms with Crippen LogP contribution in [0.5, 0.6) is 0 Å². The lowest BCUT2D eigenvalue weighted by Crippen LogP contribution is -2.05. The third kappa shape index (κ3) is 1.78. The summed E-state index contributed by atoms with van der Waals surface area (Å²) >= 11 is 3.28. The van der Waals surface area contributed by atoms with Gasteiger partial charge in [-0.05, 0) is 22.0 Å². The van der Waals surface area contributed by atoms with Gasteiger partial charge in [-0.1, -0.05) is 0 Å². The van der Waals surface area contributed by atoms with E-state index >= 15 is 0 Å². The summed E-state index contributed by atoms with van der Waals surface area (Å²) < 4.78 is 5.94. The van der Waals surface area contributed by atoms with Gasteiger partial charge in [0.05, 0.1) is 16.8 Å². The highest BCUT2D eigenvalue weighted by atomic mass is 79.9. The molecule has 0 amide bonds. The van der Waals surface area contributed by atoms with Crippen LogP contribution in [0.2, 0.25) is 0 Å². The SMILES string of the molecule is OC(C1=CCCO1)c1ncncc1Br. The van der Waals surface area contributed by atoms with Crippen molar-refractivity contribution >= 4 is 15.9 Å². The van der Waals surface area contributed by atoms with Crippen LogP contribution in [-0.4, -0.2) is 21.7 Å². The molecule has 2 heterocycles. The van der Waals surface area contributed by atoms with Gasteiger partial charge in [0.1, 0.15) is 12.1 Å². The predicted molar refractivity (Wildman–Crippen MR) is 53.3 cm³/mol. The highest BCUT2D eigenvalue weighted by molar-refractivity contribution is 9.10. The maximum atomic E-state index is 9.89. The van der Waals surface area contributed by atoms with Crippen molar-refractivity contribution < 1.29 is 9.84 Å². The first-order valence-corrected chi connectivity index (χ1v) is 5.04. The molecule has 0 radical (unpaired) electrons. The first kappa shape index (κ1) is 9.61. The van der Waals surface area contributed by atoms with E-state index in [9.17, 15) is 5.11 Å². The van der Waals surface area contributed by atoms with Crippen LogP contribution in [0.15, 0.2) is 28.8 Å². The van der Waals surface area contributed by atoms with E-state index in [2.05, 4.69) is 25.9 Å². The topological polar surface area (TPSA) is 55.2 Å². The van der Waals surface area contributed by atoms with Crippen molar-refractivity contribution in [1.82, 2.24) is 9.97 Å². The first-order valence-electron chi connectivity index (χ1n) is 4.25. The number of hydrogen-bond donors (Lipinski definition) is 1. The van der Waals surface area contributed by atoms with Crippen molar-refractivity contribution in [3.8, 4) is 0 Å². The van der Waals surface area contributed by atoms with Gasteiger partial charge in [-0.25, -0.2) is 9.97 Å². The summed E-state index contributed by atoms with van der Waals surface area (Å²) in [7, 11) is 0. The molecule has 1 aromatic rings. The Kier molecular flexibility index (Phi) is 2.79. The van der Waals surface area contributed by atoms with Crippen LogP contribution in [0.4, 0.5) is 0 Å². The number of rotatable bonds is 2. The lowest BCUT2D eigenvalue weighted by Gasteiger charge is -2.12. The average Bonchev–Trinajstić information content (AvgIpc) is 2.70. The third-order valence-electron chi connectivity index (χ3n) is 1.96. The molecule has 0 aromatic carbocycles. The van der Waals surface area contributed by atoms with Gasteiger partial charge in [-0.2, -0.15) is 0 Å². The summed E-state index contributed by atoms with van der Waals surface area (Å²) in [4.78, 5) is 7.82. The predicted octanol–water partition coefficient (Wildman–Crippen LogP) is 1.58. The molecule has 1 aliphatic heterocycles. The Hall–Kier alpha value is -0.940. The molecule has 5 heteroatoms. The molecule has 0 aliphatic carbocycles. The minimum atomic E-state index is -0.796. The number of nitrogens with zero attached hydrogens (tertiary/aromatic N) is 2. The molecule has 1 aromatic heterocycles. The van der Waals surface area contributed by atoms with Gasteiger partial charge in [-0.15, -0.1) is 0 Å². The fourth-order valence-electron chi connectivity index (χ4n) is 1.29. The van der Waals surface area contributed by atoms with E-state index in [-0.39, 0.29) is 0 Å². The van der Waals surface area contributed by atoms with Crippen molar-refractivity contribution in [3.63, 3.8) is 0 Å². The number of aliphatic hydroxyl groups is 1. The summed E-state index contributed by atoms with van der Waals surface area (Å²) in [5.41, 5.74) is 0.535. The Bertz CT molecular complexity index is 368. The zero-order chi connectivity index (χ0) is 9.97. The molecule has 1 N–H and O–H groups in total. The minimum absolute atomic E-state index is 0.535. The monoisotopic (exact) mass is 256 g/mol. The quantitative estimate of drug-likeness (QED) is 0.873. The summed E-state index contributed by atoms with van der Waals surface area (Å²) in [6.45, 7) is 0.634. The van der Waals surface area contributed by atoms with E-state index in [0.717, 1.165) is 6.42 Å². The van der Waals surface area contributed by atoms with E-state index < -0.39 is 6.10 Å². The molecule has 0 bridgehead atoms.